The van der Waals surface area contributed by atoms with Gasteiger partial charge in [0.2, 0.25) is 0 Å². The molecular weight excluding hydrogens is 278 g/mol. The summed E-state index contributed by atoms with van der Waals surface area (Å²) in [6.45, 7) is 7.10. The maximum atomic E-state index is 11.9. The summed E-state index contributed by atoms with van der Waals surface area (Å²) in [6, 6.07) is 8.17. The lowest BCUT2D eigenvalue weighted by atomic mass is 10.1. The van der Waals surface area contributed by atoms with E-state index in [9.17, 15) is 9.59 Å². The molecule has 0 aromatic heterocycles. The van der Waals surface area contributed by atoms with Gasteiger partial charge in [0.25, 0.3) is 0 Å². The van der Waals surface area contributed by atoms with E-state index in [0.717, 1.165) is 37.1 Å². The van der Waals surface area contributed by atoms with Gasteiger partial charge in [0.1, 0.15) is 0 Å². The SMILES string of the molecule is CCN1CCC[C@@H]1CNC(=O)C(=O)NCc1ccccc1C. The van der Waals surface area contributed by atoms with Crippen molar-refractivity contribution in [3.63, 3.8) is 0 Å². The first-order chi connectivity index (χ1) is 10.6. The minimum absolute atomic E-state index is 0.359. The summed E-state index contributed by atoms with van der Waals surface area (Å²) in [5.74, 6) is -1.11. The van der Waals surface area contributed by atoms with Crippen molar-refractivity contribution in [1.82, 2.24) is 15.5 Å². The number of aryl methyl sites for hydroxylation is 1. The van der Waals surface area contributed by atoms with Gasteiger partial charge in [0.15, 0.2) is 0 Å². The number of carbonyl (C=O) groups is 2. The van der Waals surface area contributed by atoms with Crippen LogP contribution in [0.4, 0.5) is 0 Å². The average Bonchev–Trinajstić information content (AvgIpc) is 2.99. The zero-order valence-electron chi connectivity index (χ0n) is 13.4. The van der Waals surface area contributed by atoms with Crippen molar-refractivity contribution in [3.05, 3.63) is 35.4 Å². The Morgan fingerprint density at radius 1 is 1.23 bits per heavy atom. The van der Waals surface area contributed by atoms with E-state index >= 15 is 0 Å². The van der Waals surface area contributed by atoms with Gasteiger partial charge in [-0.2, -0.15) is 0 Å². The molecule has 120 valence electrons. The van der Waals surface area contributed by atoms with Gasteiger partial charge in [-0.3, -0.25) is 14.5 Å². The highest BCUT2D eigenvalue weighted by Gasteiger charge is 2.24. The average molecular weight is 303 g/mol. The van der Waals surface area contributed by atoms with E-state index in [-0.39, 0.29) is 0 Å². The predicted molar refractivity (Wildman–Crippen MR) is 86.3 cm³/mol. The normalized spacial score (nSPS) is 18.2. The van der Waals surface area contributed by atoms with E-state index in [1.807, 2.05) is 31.2 Å². The van der Waals surface area contributed by atoms with Crippen molar-refractivity contribution in [1.29, 1.82) is 0 Å². The number of likely N-dealkylation sites (N-methyl/N-ethyl adjacent to an activating group) is 1. The van der Waals surface area contributed by atoms with Gasteiger partial charge in [-0.05, 0) is 44.0 Å². The van der Waals surface area contributed by atoms with Gasteiger partial charge in [0, 0.05) is 19.1 Å². The number of carbonyl (C=O) groups excluding carboxylic acids is 2. The molecule has 2 rings (SSSR count). The first kappa shape index (κ1) is 16.5. The largest absolute Gasteiger partial charge is 0.346 e. The van der Waals surface area contributed by atoms with Crippen molar-refractivity contribution >= 4 is 11.8 Å². The highest BCUT2D eigenvalue weighted by Crippen LogP contribution is 2.15. The Labute approximate surface area is 132 Å². The Morgan fingerprint density at radius 2 is 1.95 bits per heavy atom. The van der Waals surface area contributed by atoms with Crippen LogP contribution < -0.4 is 10.6 Å². The Hall–Kier alpha value is -1.88. The highest BCUT2D eigenvalue weighted by atomic mass is 16.2. The fourth-order valence-electron chi connectivity index (χ4n) is 2.90. The molecule has 1 atom stereocenters. The van der Waals surface area contributed by atoms with Crippen molar-refractivity contribution < 1.29 is 9.59 Å². The molecule has 0 bridgehead atoms. The summed E-state index contributed by atoms with van der Waals surface area (Å²) in [4.78, 5) is 26.0. The number of nitrogens with one attached hydrogen (secondary N) is 2. The van der Waals surface area contributed by atoms with Gasteiger partial charge in [-0.15, -0.1) is 0 Å². The third-order valence-electron chi connectivity index (χ3n) is 4.31. The second kappa shape index (κ2) is 7.94. The molecule has 1 fully saturated rings. The summed E-state index contributed by atoms with van der Waals surface area (Å²) < 4.78 is 0. The highest BCUT2D eigenvalue weighted by molar-refractivity contribution is 6.35. The van der Waals surface area contributed by atoms with Gasteiger partial charge < -0.3 is 10.6 Å². The van der Waals surface area contributed by atoms with Gasteiger partial charge >= 0.3 is 11.8 Å². The van der Waals surface area contributed by atoms with E-state index in [0.29, 0.717) is 19.1 Å². The number of amides is 2. The van der Waals surface area contributed by atoms with Crippen LogP contribution in [0.15, 0.2) is 24.3 Å². The molecule has 5 nitrogen and oxygen atoms in total. The molecule has 1 aliphatic rings. The molecule has 0 saturated carbocycles. The molecule has 22 heavy (non-hydrogen) atoms. The van der Waals surface area contributed by atoms with Gasteiger partial charge in [-0.1, -0.05) is 31.2 Å². The number of rotatable bonds is 5. The molecule has 1 aromatic carbocycles. The van der Waals surface area contributed by atoms with Crippen molar-refractivity contribution in [2.75, 3.05) is 19.6 Å². The maximum absolute atomic E-state index is 11.9. The van der Waals surface area contributed by atoms with Crippen LogP contribution in [0.1, 0.15) is 30.9 Å². The van der Waals surface area contributed by atoms with Crippen LogP contribution in [-0.4, -0.2) is 42.4 Å². The summed E-state index contributed by atoms with van der Waals surface area (Å²) in [5, 5.41) is 5.42. The topological polar surface area (TPSA) is 61.4 Å². The standard InChI is InChI=1S/C17H25N3O2/c1-3-20-10-6-9-15(20)12-19-17(22)16(21)18-11-14-8-5-4-7-13(14)2/h4-5,7-8,15H,3,6,9-12H2,1-2H3,(H,18,21)(H,19,22)/t15-/m1/s1. The molecule has 0 radical (unpaired) electrons. The molecule has 1 saturated heterocycles. The van der Waals surface area contributed by atoms with Crippen molar-refractivity contribution in [3.8, 4) is 0 Å². The molecule has 5 heteroatoms. The molecule has 0 unspecified atom stereocenters. The Balaban J connectivity index is 1.75. The van der Waals surface area contributed by atoms with Crippen LogP contribution in [0.3, 0.4) is 0 Å². The lowest BCUT2D eigenvalue weighted by Crippen LogP contribution is -2.45. The maximum Gasteiger partial charge on any atom is 0.309 e. The molecule has 1 aliphatic heterocycles. The molecule has 0 spiro atoms. The van der Waals surface area contributed by atoms with Crippen LogP contribution in [0.25, 0.3) is 0 Å². The fraction of sp³-hybridized carbons (Fsp3) is 0.529. The number of benzene rings is 1. The predicted octanol–water partition coefficient (Wildman–Crippen LogP) is 1.21. The number of hydrogen-bond acceptors (Lipinski definition) is 3. The quantitative estimate of drug-likeness (QED) is 0.804. The Bertz CT molecular complexity index is 530. The Morgan fingerprint density at radius 3 is 2.68 bits per heavy atom. The smallest absolute Gasteiger partial charge is 0.309 e. The Kier molecular flexibility index (Phi) is 5.95. The third kappa shape index (κ3) is 4.31. The van der Waals surface area contributed by atoms with Crippen LogP contribution >= 0.6 is 0 Å². The minimum Gasteiger partial charge on any atom is -0.346 e. The first-order valence-electron chi connectivity index (χ1n) is 7.96. The van der Waals surface area contributed by atoms with Crippen molar-refractivity contribution in [2.24, 2.45) is 0 Å². The van der Waals surface area contributed by atoms with Crippen LogP contribution in [0, 0.1) is 6.92 Å². The monoisotopic (exact) mass is 303 g/mol. The van der Waals surface area contributed by atoms with E-state index in [1.165, 1.54) is 0 Å². The summed E-state index contributed by atoms with van der Waals surface area (Å²) in [5.41, 5.74) is 2.13. The number of nitrogens with zero attached hydrogens (tertiary/aromatic N) is 1. The zero-order valence-corrected chi connectivity index (χ0v) is 13.4. The van der Waals surface area contributed by atoms with E-state index in [4.69, 9.17) is 0 Å². The van der Waals surface area contributed by atoms with Crippen LogP contribution in [0.2, 0.25) is 0 Å². The molecule has 1 aromatic rings. The third-order valence-corrected chi connectivity index (χ3v) is 4.31. The second-order valence-corrected chi connectivity index (χ2v) is 5.74. The fourth-order valence-corrected chi connectivity index (χ4v) is 2.90. The number of likely N-dealkylation sites (tertiary alicyclic amines) is 1. The molecule has 2 amide bonds. The van der Waals surface area contributed by atoms with E-state index in [2.05, 4.69) is 22.5 Å². The molecule has 2 N–H and O–H groups in total. The molecular formula is C17H25N3O2. The van der Waals surface area contributed by atoms with E-state index in [1.54, 1.807) is 0 Å². The minimum atomic E-state index is -0.565. The lowest BCUT2D eigenvalue weighted by molar-refractivity contribution is -0.139. The second-order valence-electron chi connectivity index (χ2n) is 5.74. The van der Waals surface area contributed by atoms with Crippen LogP contribution in [-0.2, 0) is 16.1 Å². The van der Waals surface area contributed by atoms with E-state index < -0.39 is 11.8 Å². The zero-order chi connectivity index (χ0) is 15.9. The molecule has 0 aliphatic carbocycles. The van der Waals surface area contributed by atoms with Gasteiger partial charge in [-0.25, -0.2) is 0 Å². The number of hydrogen-bond donors (Lipinski definition) is 2. The van der Waals surface area contributed by atoms with Crippen molar-refractivity contribution in [2.45, 2.75) is 39.3 Å². The molecule has 1 heterocycles. The van der Waals surface area contributed by atoms with Crippen LogP contribution in [0.5, 0.6) is 0 Å². The summed E-state index contributed by atoms with van der Waals surface area (Å²) >= 11 is 0. The first-order valence-corrected chi connectivity index (χ1v) is 7.96. The van der Waals surface area contributed by atoms with Gasteiger partial charge in [0.05, 0.1) is 0 Å². The summed E-state index contributed by atoms with van der Waals surface area (Å²) in [7, 11) is 0. The lowest BCUT2D eigenvalue weighted by Gasteiger charge is -2.22. The summed E-state index contributed by atoms with van der Waals surface area (Å²) in [6.07, 6.45) is 2.24.